The van der Waals surface area contributed by atoms with Gasteiger partial charge in [-0.2, -0.15) is 18.3 Å². The molecule has 0 saturated heterocycles. The monoisotopic (exact) mass is 527 g/mol. The molecule has 13 heteroatoms. The van der Waals surface area contributed by atoms with E-state index in [2.05, 4.69) is 10.2 Å². The van der Waals surface area contributed by atoms with Gasteiger partial charge >= 0.3 is 23.8 Å². The summed E-state index contributed by atoms with van der Waals surface area (Å²) >= 11 is 5.49. The number of halogens is 4. The maximum Gasteiger partial charge on any atom is 0.416 e. The molecule has 192 valence electrons. The number of ketones is 1. The van der Waals surface area contributed by atoms with Gasteiger partial charge in [0.15, 0.2) is 5.78 Å². The lowest BCUT2D eigenvalue weighted by molar-refractivity contribution is -0.167. The fourth-order valence-corrected chi connectivity index (χ4v) is 2.92. The van der Waals surface area contributed by atoms with E-state index in [0.29, 0.717) is 12.1 Å². The minimum atomic E-state index is -4.78. The van der Waals surface area contributed by atoms with Crippen LogP contribution in [0.15, 0.2) is 58.8 Å². The van der Waals surface area contributed by atoms with Crippen LogP contribution in [0, 0.1) is 0 Å². The van der Waals surface area contributed by atoms with Gasteiger partial charge in [-0.15, -0.1) is 16.7 Å². The van der Waals surface area contributed by atoms with Crippen LogP contribution in [0.2, 0.25) is 0 Å². The molecule has 0 bridgehead atoms. The molecule has 2 aromatic rings. The summed E-state index contributed by atoms with van der Waals surface area (Å²) in [6.07, 6.45) is -4.78. The molecular weight excluding hydrogens is 507 g/mol. The third kappa shape index (κ3) is 6.66. The first-order valence-electron chi connectivity index (χ1n) is 10.5. The zero-order valence-corrected chi connectivity index (χ0v) is 19.9. The number of nitrogens with one attached hydrogen (secondary N) is 1. The van der Waals surface area contributed by atoms with Gasteiger partial charge in [0.2, 0.25) is 5.91 Å². The van der Waals surface area contributed by atoms with Crippen molar-refractivity contribution >= 4 is 40.9 Å². The summed E-state index contributed by atoms with van der Waals surface area (Å²) in [6, 6.07) is 9.44. The van der Waals surface area contributed by atoms with Crippen LogP contribution in [0.4, 0.5) is 18.9 Å². The first-order valence-corrected chi connectivity index (χ1v) is 11.0. The molecule has 1 N–H and O–H groups in total. The van der Waals surface area contributed by atoms with Gasteiger partial charge < -0.3 is 14.8 Å². The van der Waals surface area contributed by atoms with Crippen LogP contribution < -0.4 is 5.32 Å². The van der Waals surface area contributed by atoms with Crippen molar-refractivity contribution in [3.05, 3.63) is 65.2 Å². The van der Waals surface area contributed by atoms with Crippen LogP contribution in [-0.2, 0) is 30.0 Å². The topological polar surface area (TPSA) is 123 Å². The van der Waals surface area contributed by atoms with Gasteiger partial charge in [0, 0.05) is 5.56 Å². The minimum absolute atomic E-state index is 0.0470. The molecule has 36 heavy (non-hydrogen) atoms. The molecule has 0 aliphatic heterocycles. The molecule has 0 fully saturated rings. The highest BCUT2D eigenvalue weighted by Gasteiger charge is 2.52. The number of hydrogen-bond acceptors (Lipinski definition) is 8. The van der Waals surface area contributed by atoms with Crippen molar-refractivity contribution < 1.29 is 41.8 Å². The summed E-state index contributed by atoms with van der Waals surface area (Å²) in [5, 5.41) is 9.34. The minimum Gasteiger partial charge on any atom is -0.462 e. The second-order valence-electron chi connectivity index (χ2n) is 6.96. The van der Waals surface area contributed by atoms with Gasteiger partial charge in [-0.25, -0.2) is 9.59 Å². The first-order chi connectivity index (χ1) is 17.0. The van der Waals surface area contributed by atoms with E-state index in [9.17, 15) is 32.3 Å². The van der Waals surface area contributed by atoms with E-state index in [0.717, 1.165) is 6.07 Å². The van der Waals surface area contributed by atoms with Gasteiger partial charge in [-0.1, -0.05) is 30.3 Å². The van der Waals surface area contributed by atoms with Crippen molar-refractivity contribution in [1.82, 2.24) is 5.32 Å². The highest BCUT2D eigenvalue weighted by atomic mass is 35.5. The largest absolute Gasteiger partial charge is 0.462 e. The molecule has 1 amide bonds. The predicted molar refractivity (Wildman–Crippen MR) is 121 cm³/mol. The Kier molecular flexibility index (Phi) is 9.68. The molecule has 0 aliphatic carbocycles. The normalized spacial score (nSPS) is 11.7. The highest BCUT2D eigenvalue weighted by molar-refractivity contribution is 6.28. The van der Waals surface area contributed by atoms with Crippen LogP contribution in [0.3, 0.4) is 0 Å². The summed E-state index contributed by atoms with van der Waals surface area (Å²) < 4.78 is 49.8. The van der Waals surface area contributed by atoms with Gasteiger partial charge in [-0.3, -0.25) is 9.59 Å². The average molecular weight is 528 g/mol. The Morgan fingerprint density at radius 3 is 2.03 bits per heavy atom. The van der Waals surface area contributed by atoms with E-state index in [1.54, 1.807) is 6.07 Å². The molecule has 2 rings (SSSR count). The van der Waals surface area contributed by atoms with Gasteiger partial charge in [0.1, 0.15) is 5.88 Å². The van der Waals surface area contributed by atoms with Gasteiger partial charge in [-0.05, 0) is 32.0 Å². The summed E-state index contributed by atoms with van der Waals surface area (Å²) in [4.78, 5) is 50.5. The maximum absolute atomic E-state index is 13.4. The molecular formula is C23H21ClF3N3O6. The number of esters is 2. The third-order valence-electron chi connectivity index (χ3n) is 4.50. The van der Waals surface area contributed by atoms with E-state index < -0.39 is 58.2 Å². The van der Waals surface area contributed by atoms with Crippen molar-refractivity contribution in [1.29, 1.82) is 0 Å². The Balaban J connectivity index is 2.72. The Labute approximate surface area is 208 Å². The lowest BCUT2D eigenvalue weighted by Gasteiger charge is -2.24. The number of carbonyl (C=O) groups is 4. The molecule has 0 unspecified atom stereocenters. The molecule has 9 nitrogen and oxygen atoms in total. The molecule has 0 saturated carbocycles. The fraction of sp³-hybridized carbons (Fsp3) is 0.304. The number of rotatable bonds is 10. The van der Waals surface area contributed by atoms with E-state index in [1.807, 2.05) is 5.32 Å². The Bertz CT molecular complexity index is 1140. The standard InChI is InChI=1S/C23H21ClF3N3O6/c1-3-35-20(33)22(21(34)36-4-2,28-18(31)13-24)30-29-17-11-10-15(23(25,26)27)12-16(17)19(32)14-8-6-5-7-9-14/h5-12H,3-4,13H2,1-2H3,(H,28,31)/b30-29+. The van der Waals surface area contributed by atoms with Crippen molar-refractivity contribution in [3.8, 4) is 0 Å². The van der Waals surface area contributed by atoms with Gasteiger partial charge in [0.25, 0.3) is 0 Å². The van der Waals surface area contributed by atoms with Crippen LogP contribution in [0.25, 0.3) is 0 Å². The molecule has 0 atom stereocenters. The second-order valence-corrected chi connectivity index (χ2v) is 7.23. The summed E-state index contributed by atoms with van der Waals surface area (Å²) in [5.74, 6) is -5.31. The Hall–Kier alpha value is -3.80. The number of azo groups is 1. The van der Waals surface area contributed by atoms with E-state index in [1.165, 1.54) is 38.1 Å². The van der Waals surface area contributed by atoms with Crippen molar-refractivity contribution in [2.24, 2.45) is 10.2 Å². The summed E-state index contributed by atoms with van der Waals surface area (Å²) in [5.41, 5.74) is -4.91. The molecule has 0 aliphatic rings. The van der Waals surface area contributed by atoms with E-state index in [-0.39, 0.29) is 18.8 Å². The van der Waals surface area contributed by atoms with Crippen molar-refractivity contribution in [2.45, 2.75) is 25.7 Å². The smallest absolute Gasteiger partial charge is 0.416 e. The molecule has 0 radical (unpaired) electrons. The average Bonchev–Trinajstić information content (AvgIpc) is 2.86. The number of alkyl halides is 4. The van der Waals surface area contributed by atoms with Gasteiger partial charge in [0.05, 0.1) is 30.0 Å². The molecule has 0 aromatic heterocycles. The first kappa shape index (κ1) is 28.4. The zero-order valence-electron chi connectivity index (χ0n) is 19.1. The fourth-order valence-electron chi connectivity index (χ4n) is 2.85. The van der Waals surface area contributed by atoms with Crippen LogP contribution in [0.5, 0.6) is 0 Å². The number of ether oxygens (including phenoxy) is 2. The van der Waals surface area contributed by atoms with E-state index >= 15 is 0 Å². The lowest BCUT2D eigenvalue weighted by Crippen LogP contribution is -2.60. The Morgan fingerprint density at radius 1 is 0.944 bits per heavy atom. The van der Waals surface area contributed by atoms with Crippen LogP contribution >= 0.6 is 11.6 Å². The quantitative estimate of drug-likeness (QED) is 0.162. The predicted octanol–water partition coefficient (Wildman–Crippen LogP) is 4.20. The van der Waals surface area contributed by atoms with Crippen LogP contribution in [0.1, 0.15) is 35.3 Å². The van der Waals surface area contributed by atoms with Crippen LogP contribution in [-0.4, -0.2) is 48.4 Å². The number of benzene rings is 2. The SMILES string of the molecule is CCOC(=O)C(/N=N/c1ccc(C(F)(F)F)cc1C(=O)c1ccccc1)(NC(=O)CCl)C(=O)OCC. The zero-order chi connectivity index (χ0) is 26.9. The summed E-state index contributed by atoms with van der Waals surface area (Å²) in [6.45, 7) is 2.37. The Morgan fingerprint density at radius 2 is 1.53 bits per heavy atom. The lowest BCUT2D eigenvalue weighted by atomic mass is 9.99. The number of amides is 1. The molecule has 2 aromatic carbocycles. The number of hydrogen-bond donors (Lipinski definition) is 1. The third-order valence-corrected chi connectivity index (χ3v) is 4.74. The van der Waals surface area contributed by atoms with Crippen molar-refractivity contribution in [3.63, 3.8) is 0 Å². The summed E-state index contributed by atoms with van der Waals surface area (Å²) in [7, 11) is 0. The van der Waals surface area contributed by atoms with Crippen molar-refractivity contribution in [2.75, 3.05) is 19.1 Å². The number of nitrogens with zero attached hydrogens (tertiary/aromatic N) is 2. The highest BCUT2D eigenvalue weighted by Crippen LogP contribution is 2.34. The maximum atomic E-state index is 13.4. The molecule has 0 spiro atoms. The number of carbonyl (C=O) groups excluding carboxylic acids is 4. The molecule has 0 heterocycles. The second kappa shape index (κ2) is 12.2. The van der Waals surface area contributed by atoms with E-state index in [4.69, 9.17) is 21.1 Å².